The Morgan fingerprint density at radius 1 is 1.43 bits per heavy atom. The average molecular weight is 302 g/mol. The maximum absolute atomic E-state index is 11.8. The number of carbonyl (C=O) groups excluding carboxylic acids is 1. The van der Waals surface area contributed by atoms with Crippen molar-refractivity contribution in [2.45, 2.75) is 31.0 Å². The number of H-pyrrole nitrogens is 1. The van der Waals surface area contributed by atoms with Crippen LogP contribution in [0.4, 0.5) is 0 Å². The van der Waals surface area contributed by atoms with Crippen molar-refractivity contribution in [1.29, 1.82) is 0 Å². The van der Waals surface area contributed by atoms with Crippen molar-refractivity contribution in [3.05, 3.63) is 30.3 Å². The number of nitrogens with one attached hydrogen (secondary N) is 2. The molecule has 0 radical (unpaired) electrons. The van der Waals surface area contributed by atoms with Crippen LogP contribution in [0.1, 0.15) is 19.8 Å². The molecule has 1 atom stereocenters. The summed E-state index contributed by atoms with van der Waals surface area (Å²) in [6.45, 7) is 2.07. The highest BCUT2D eigenvalue weighted by Gasteiger charge is 2.28. The van der Waals surface area contributed by atoms with Gasteiger partial charge in [-0.15, -0.1) is 5.10 Å². The highest BCUT2D eigenvalue weighted by molar-refractivity contribution is 7.99. The van der Waals surface area contributed by atoms with Gasteiger partial charge in [-0.3, -0.25) is 9.89 Å². The first-order valence-corrected chi connectivity index (χ1v) is 8.11. The van der Waals surface area contributed by atoms with E-state index >= 15 is 0 Å². The maximum atomic E-state index is 11.8. The summed E-state index contributed by atoms with van der Waals surface area (Å²) in [5.41, 5.74) is 0.989. The number of nitrogens with zero attached hydrogens (tertiary/aromatic N) is 2. The van der Waals surface area contributed by atoms with E-state index in [1.807, 2.05) is 30.3 Å². The Bertz CT molecular complexity index is 609. The number of aromatic amines is 1. The molecule has 2 N–H and O–H groups in total. The van der Waals surface area contributed by atoms with E-state index in [-0.39, 0.29) is 11.9 Å². The maximum Gasteiger partial charge on any atom is 0.230 e. The third-order valence-electron chi connectivity index (χ3n) is 3.56. The van der Waals surface area contributed by atoms with Gasteiger partial charge in [0.15, 0.2) is 5.82 Å². The molecule has 0 bridgehead atoms. The molecule has 2 aromatic rings. The monoisotopic (exact) mass is 302 g/mol. The summed E-state index contributed by atoms with van der Waals surface area (Å²) in [4.78, 5) is 16.2. The van der Waals surface area contributed by atoms with Gasteiger partial charge >= 0.3 is 0 Å². The Morgan fingerprint density at radius 3 is 2.90 bits per heavy atom. The Balaban J connectivity index is 1.51. The SMILES string of the molecule is CC(NC(=O)CSc1n[nH]c(-c2ccccc2)n1)C1CC1. The number of rotatable bonds is 6. The van der Waals surface area contributed by atoms with Crippen molar-refractivity contribution >= 4 is 17.7 Å². The molecule has 1 unspecified atom stereocenters. The smallest absolute Gasteiger partial charge is 0.230 e. The normalized spacial score (nSPS) is 15.7. The molecular weight excluding hydrogens is 284 g/mol. The second kappa shape index (κ2) is 6.30. The molecule has 1 aromatic heterocycles. The van der Waals surface area contributed by atoms with E-state index in [2.05, 4.69) is 27.4 Å². The molecule has 110 valence electrons. The summed E-state index contributed by atoms with van der Waals surface area (Å²) >= 11 is 1.35. The van der Waals surface area contributed by atoms with Gasteiger partial charge in [0, 0.05) is 11.6 Å². The summed E-state index contributed by atoms with van der Waals surface area (Å²) in [7, 11) is 0. The van der Waals surface area contributed by atoms with Gasteiger partial charge in [-0.1, -0.05) is 42.1 Å². The van der Waals surface area contributed by atoms with E-state index in [0.29, 0.717) is 16.8 Å². The number of carbonyl (C=O) groups is 1. The molecule has 1 aliphatic carbocycles. The standard InChI is InChI=1S/C15H18N4OS/c1-10(11-7-8-11)16-13(20)9-21-15-17-14(18-19-15)12-5-3-2-4-6-12/h2-6,10-11H,7-9H2,1H3,(H,16,20)(H,17,18,19). The molecular formula is C15H18N4OS. The van der Waals surface area contributed by atoms with E-state index in [9.17, 15) is 4.79 Å². The number of aromatic nitrogens is 3. The fourth-order valence-corrected chi connectivity index (χ4v) is 2.79. The fourth-order valence-electron chi connectivity index (χ4n) is 2.18. The summed E-state index contributed by atoms with van der Waals surface area (Å²) in [5, 5.41) is 10.7. The van der Waals surface area contributed by atoms with Gasteiger partial charge in [0.2, 0.25) is 11.1 Å². The molecule has 0 saturated heterocycles. The highest BCUT2D eigenvalue weighted by Crippen LogP contribution is 2.32. The molecule has 0 spiro atoms. The lowest BCUT2D eigenvalue weighted by atomic mass is 10.2. The van der Waals surface area contributed by atoms with E-state index in [4.69, 9.17) is 0 Å². The van der Waals surface area contributed by atoms with Gasteiger partial charge < -0.3 is 5.32 Å². The molecule has 1 fully saturated rings. The molecule has 0 aliphatic heterocycles. The fraction of sp³-hybridized carbons (Fsp3) is 0.400. The lowest BCUT2D eigenvalue weighted by Gasteiger charge is -2.11. The van der Waals surface area contributed by atoms with Crippen LogP contribution in [0.25, 0.3) is 11.4 Å². The van der Waals surface area contributed by atoms with Gasteiger partial charge in [0.25, 0.3) is 0 Å². The first-order chi connectivity index (χ1) is 10.2. The third kappa shape index (κ3) is 3.85. The van der Waals surface area contributed by atoms with Crippen molar-refractivity contribution in [1.82, 2.24) is 20.5 Å². The van der Waals surface area contributed by atoms with Crippen LogP contribution < -0.4 is 5.32 Å². The summed E-state index contributed by atoms with van der Waals surface area (Å²) in [6.07, 6.45) is 2.46. The minimum Gasteiger partial charge on any atom is -0.353 e. The Hall–Kier alpha value is -1.82. The lowest BCUT2D eigenvalue weighted by Crippen LogP contribution is -2.35. The molecule has 1 saturated carbocycles. The van der Waals surface area contributed by atoms with Crippen molar-refractivity contribution in [3.63, 3.8) is 0 Å². The zero-order valence-electron chi connectivity index (χ0n) is 11.9. The molecule has 1 aliphatic rings. The number of thioether (sulfide) groups is 1. The second-order valence-corrected chi connectivity index (χ2v) is 6.26. The number of benzene rings is 1. The van der Waals surface area contributed by atoms with Gasteiger partial charge in [-0.05, 0) is 25.7 Å². The van der Waals surface area contributed by atoms with E-state index in [1.165, 1.54) is 24.6 Å². The summed E-state index contributed by atoms with van der Waals surface area (Å²) < 4.78 is 0. The van der Waals surface area contributed by atoms with E-state index < -0.39 is 0 Å². The number of hydrogen-bond donors (Lipinski definition) is 2. The molecule has 21 heavy (non-hydrogen) atoms. The number of hydrogen-bond acceptors (Lipinski definition) is 4. The van der Waals surface area contributed by atoms with Crippen LogP contribution in [-0.2, 0) is 4.79 Å². The Kier molecular flexibility index (Phi) is 4.24. The first kappa shape index (κ1) is 14.1. The van der Waals surface area contributed by atoms with Crippen molar-refractivity contribution in [2.75, 3.05) is 5.75 Å². The van der Waals surface area contributed by atoms with Gasteiger partial charge in [-0.2, -0.15) is 0 Å². The molecule has 3 rings (SSSR count). The zero-order chi connectivity index (χ0) is 14.7. The summed E-state index contributed by atoms with van der Waals surface area (Å²) in [6, 6.07) is 10.1. The molecule has 5 nitrogen and oxygen atoms in total. The van der Waals surface area contributed by atoms with E-state index in [1.54, 1.807) is 0 Å². The van der Waals surface area contributed by atoms with Crippen LogP contribution in [0.15, 0.2) is 35.5 Å². The predicted octanol–water partition coefficient (Wildman–Crippen LogP) is 2.48. The predicted molar refractivity (Wildman–Crippen MR) is 82.9 cm³/mol. The second-order valence-electron chi connectivity index (χ2n) is 5.31. The van der Waals surface area contributed by atoms with Crippen LogP contribution in [0.3, 0.4) is 0 Å². The molecule has 6 heteroatoms. The molecule has 1 aromatic carbocycles. The Morgan fingerprint density at radius 2 is 2.19 bits per heavy atom. The third-order valence-corrected chi connectivity index (χ3v) is 4.41. The summed E-state index contributed by atoms with van der Waals surface area (Å²) in [5.74, 6) is 1.80. The lowest BCUT2D eigenvalue weighted by molar-refractivity contribution is -0.119. The Labute approximate surface area is 127 Å². The van der Waals surface area contributed by atoms with Crippen LogP contribution in [0, 0.1) is 5.92 Å². The average Bonchev–Trinajstić information content (AvgIpc) is 3.25. The topological polar surface area (TPSA) is 70.7 Å². The zero-order valence-corrected chi connectivity index (χ0v) is 12.7. The van der Waals surface area contributed by atoms with Gasteiger partial charge in [0.05, 0.1) is 5.75 Å². The van der Waals surface area contributed by atoms with Crippen molar-refractivity contribution < 1.29 is 4.79 Å². The van der Waals surface area contributed by atoms with Crippen LogP contribution >= 0.6 is 11.8 Å². The van der Waals surface area contributed by atoms with Gasteiger partial charge in [0.1, 0.15) is 0 Å². The van der Waals surface area contributed by atoms with Crippen LogP contribution in [-0.4, -0.2) is 32.9 Å². The van der Waals surface area contributed by atoms with E-state index in [0.717, 1.165) is 11.4 Å². The van der Waals surface area contributed by atoms with Crippen LogP contribution in [0.5, 0.6) is 0 Å². The van der Waals surface area contributed by atoms with Gasteiger partial charge in [-0.25, -0.2) is 4.98 Å². The molecule has 1 amide bonds. The quantitative estimate of drug-likeness (QED) is 0.804. The number of amides is 1. The largest absolute Gasteiger partial charge is 0.353 e. The van der Waals surface area contributed by atoms with Crippen LogP contribution in [0.2, 0.25) is 0 Å². The highest BCUT2D eigenvalue weighted by atomic mass is 32.2. The van der Waals surface area contributed by atoms with Crippen molar-refractivity contribution in [2.24, 2.45) is 5.92 Å². The minimum absolute atomic E-state index is 0.0467. The minimum atomic E-state index is 0.0467. The molecule has 1 heterocycles. The first-order valence-electron chi connectivity index (χ1n) is 7.12. The van der Waals surface area contributed by atoms with Crippen molar-refractivity contribution in [3.8, 4) is 11.4 Å².